The minimum atomic E-state index is 0.318. The summed E-state index contributed by atoms with van der Waals surface area (Å²) in [7, 11) is 0. The normalized spacial score (nSPS) is 9.83. The van der Waals surface area contributed by atoms with E-state index in [1.165, 1.54) is 12.4 Å². The summed E-state index contributed by atoms with van der Waals surface area (Å²) in [6.45, 7) is 0. The number of nitrogens with zero attached hydrogens (tertiary/aromatic N) is 1. The van der Waals surface area contributed by atoms with Crippen molar-refractivity contribution in [3.8, 4) is 11.5 Å². The lowest BCUT2D eigenvalue weighted by Crippen LogP contribution is -1.94. The van der Waals surface area contributed by atoms with Crippen molar-refractivity contribution in [2.75, 3.05) is 0 Å². The number of benzene rings is 1. The Morgan fingerprint density at radius 2 is 1.83 bits per heavy atom. The van der Waals surface area contributed by atoms with Crippen LogP contribution in [-0.2, 0) is 0 Å². The van der Waals surface area contributed by atoms with Gasteiger partial charge in [0.1, 0.15) is 5.75 Å². The first-order valence-electron chi connectivity index (χ1n) is 5.06. The average molecular weight is 306 g/mol. The molecule has 1 aromatic heterocycles. The Labute approximate surface area is 112 Å². The van der Waals surface area contributed by atoms with E-state index in [4.69, 9.17) is 4.74 Å². The van der Waals surface area contributed by atoms with Gasteiger partial charge >= 0.3 is 0 Å². The van der Waals surface area contributed by atoms with Crippen LogP contribution < -0.4 is 4.74 Å². The lowest BCUT2D eigenvalue weighted by molar-refractivity contribution is 0.111. The van der Waals surface area contributed by atoms with E-state index in [1.807, 2.05) is 0 Å². The molecular weight excluding hydrogens is 298 g/mol. The number of carbonyl (C=O) groups is 2. The molecule has 0 bridgehead atoms. The van der Waals surface area contributed by atoms with Crippen LogP contribution in [0.15, 0.2) is 41.1 Å². The molecule has 0 aliphatic heterocycles. The lowest BCUT2D eigenvalue weighted by Gasteiger charge is -2.09. The van der Waals surface area contributed by atoms with Crippen molar-refractivity contribution in [3.05, 3.63) is 52.3 Å². The number of aldehydes is 2. The Morgan fingerprint density at radius 1 is 1.06 bits per heavy atom. The first-order valence-corrected chi connectivity index (χ1v) is 5.85. The molecule has 0 saturated heterocycles. The van der Waals surface area contributed by atoms with E-state index in [-0.39, 0.29) is 0 Å². The van der Waals surface area contributed by atoms with Crippen molar-refractivity contribution >= 4 is 28.5 Å². The number of aromatic nitrogens is 1. The molecular formula is C13H8BrNO3. The van der Waals surface area contributed by atoms with Gasteiger partial charge in [0.15, 0.2) is 18.3 Å². The van der Waals surface area contributed by atoms with Gasteiger partial charge < -0.3 is 4.74 Å². The number of hydrogen-bond donors (Lipinski definition) is 0. The van der Waals surface area contributed by atoms with Crippen LogP contribution in [0.3, 0.4) is 0 Å². The number of rotatable bonds is 4. The van der Waals surface area contributed by atoms with Crippen molar-refractivity contribution in [3.63, 3.8) is 0 Å². The van der Waals surface area contributed by atoms with Crippen molar-refractivity contribution in [2.45, 2.75) is 0 Å². The van der Waals surface area contributed by atoms with E-state index in [9.17, 15) is 9.59 Å². The van der Waals surface area contributed by atoms with E-state index >= 15 is 0 Å². The van der Waals surface area contributed by atoms with Crippen LogP contribution in [0.4, 0.5) is 0 Å². The first kappa shape index (κ1) is 12.4. The summed E-state index contributed by atoms with van der Waals surface area (Å²) in [5, 5.41) is 0. The molecule has 0 amide bonds. The van der Waals surface area contributed by atoms with Gasteiger partial charge in [-0.1, -0.05) is 15.9 Å². The van der Waals surface area contributed by atoms with Crippen LogP contribution in [0.1, 0.15) is 20.7 Å². The van der Waals surface area contributed by atoms with Crippen LogP contribution in [0.5, 0.6) is 11.5 Å². The summed E-state index contributed by atoms with van der Waals surface area (Å²) in [6.07, 6.45) is 4.30. The predicted molar refractivity (Wildman–Crippen MR) is 69.2 cm³/mol. The zero-order valence-electron chi connectivity index (χ0n) is 9.17. The largest absolute Gasteiger partial charge is 0.454 e. The van der Waals surface area contributed by atoms with Crippen LogP contribution >= 0.6 is 15.9 Å². The number of hydrogen-bond acceptors (Lipinski definition) is 4. The highest BCUT2D eigenvalue weighted by Gasteiger charge is 2.08. The third-order valence-corrected chi connectivity index (χ3v) is 2.76. The fraction of sp³-hybridized carbons (Fsp3) is 0. The van der Waals surface area contributed by atoms with Crippen LogP contribution in [0, 0.1) is 0 Å². The Kier molecular flexibility index (Phi) is 3.84. The fourth-order valence-corrected chi connectivity index (χ4v) is 1.77. The van der Waals surface area contributed by atoms with E-state index in [0.717, 1.165) is 4.47 Å². The zero-order valence-corrected chi connectivity index (χ0v) is 10.8. The number of halogens is 1. The molecule has 2 aromatic rings. The second kappa shape index (κ2) is 5.55. The fourth-order valence-electron chi connectivity index (χ4n) is 1.40. The maximum absolute atomic E-state index is 10.9. The van der Waals surface area contributed by atoms with Gasteiger partial charge in [0.05, 0.1) is 17.3 Å². The van der Waals surface area contributed by atoms with E-state index in [0.29, 0.717) is 35.2 Å². The predicted octanol–water partition coefficient (Wildman–Crippen LogP) is 3.26. The molecule has 0 fully saturated rings. The van der Waals surface area contributed by atoms with Gasteiger partial charge in [-0.15, -0.1) is 0 Å². The number of carbonyl (C=O) groups excluding carboxylic acids is 2. The molecule has 18 heavy (non-hydrogen) atoms. The third-order valence-electron chi connectivity index (χ3n) is 2.26. The number of pyridine rings is 1. The third kappa shape index (κ3) is 2.62. The van der Waals surface area contributed by atoms with Gasteiger partial charge in [-0.3, -0.25) is 14.6 Å². The highest BCUT2D eigenvalue weighted by atomic mass is 79.9. The Morgan fingerprint density at radius 3 is 2.56 bits per heavy atom. The SMILES string of the molecule is O=Cc1cc(Br)ccc1Oc1cnccc1C=O. The average Bonchev–Trinajstić information content (AvgIpc) is 2.41. The van der Waals surface area contributed by atoms with Gasteiger partial charge in [-0.05, 0) is 24.3 Å². The molecule has 2 rings (SSSR count). The Bertz CT molecular complexity index is 599. The van der Waals surface area contributed by atoms with Crippen LogP contribution in [-0.4, -0.2) is 17.6 Å². The molecule has 0 radical (unpaired) electrons. The lowest BCUT2D eigenvalue weighted by atomic mass is 10.2. The Balaban J connectivity index is 2.39. The molecule has 0 saturated carbocycles. The molecule has 0 atom stereocenters. The van der Waals surface area contributed by atoms with Gasteiger partial charge in [-0.25, -0.2) is 0 Å². The smallest absolute Gasteiger partial charge is 0.156 e. The second-order valence-corrected chi connectivity index (χ2v) is 4.35. The molecule has 90 valence electrons. The van der Waals surface area contributed by atoms with Crippen molar-refractivity contribution < 1.29 is 14.3 Å². The van der Waals surface area contributed by atoms with E-state index in [1.54, 1.807) is 24.3 Å². The summed E-state index contributed by atoms with van der Waals surface area (Å²) in [5.41, 5.74) is 0.773. The van der Waals surface area contributed by atoms with E-state index in [2.05, 4.69) is 20.9 Å². The topological polar surface area (TPSA) is 56.3 Å². The molecule has 0 aliphatic carbocycles. The highest BCUT2D eigenvalue weighted by molar-refractivity contribution is 9.10. The van der Waals surface area contributed by atoms with Gasteiger partial charge in [0.2, 0.25) is 0 Å². The summed E-state index contributed by atoms with van der Waals surface area (Å²) < 4.78 is 6.31. The van der Waals surface area contributed by atoms with Crippen LogP contribution in [0.25, 0.3) is 0 Å². The van der Waals surface area contributed by atoms with Crippen molar-refractivity contribution in [1.82, 2.24) is 4.98 Å². The van der Waals surface area contributed by atoms with Crippen LogP contribution in [0.2, 0.25) is 0 Å². The second-order valence-electron chi connectivity index (χ2n) is 3.43. The standard InChI is InChI=1S/C13H8BrNO3/c14-11-1-2-12(10(5-11)8-17)18-13-6-15-4-3-9(13)7-16/h1-8H. The van der Waals surface area contributed by atoms with Gasteiger partial charge in [0, 0.05) is 10.7 Å². The molecule has 4 nitrogen and oxygen atoms in total. The minimum absolute atomic E-state index is 0.318. The van der Waals surface area contributed by atoms with Crippen molar-refractivity contribution in [1.29, 1.82) is 0 Å². The molecule has 0 aliphatic rings. The molecule has 1 aromatic carbocycles. The molecule has 0 spiro atoms. The maximum atomic E-state index is 10.9. The van der Waals surface area contributed by atoms with Crippen molar-refractivity contribution in [2.24, 2.45) is 0 Å². The molecule has 0 unspecified atom stereocenters. The summed E-state index contributed by atoms with van der Waals surface area (Å²) >= 11 is 3.27. The minimum Gasteiger partial charge on any atom is -0.454 e. The summed E-state index contributed by atoms with van der Waals surface area (Å²) in [6, 6.07) is 6.58. The first-order chi connectivity index (χ1) is 8.74. The quantitative estimate of drug-likeness (QED) is 0.814. The molecule has 0 N–H and O–H groups in total. The van der Waals surface area contributed by atoms with E-state index < -0.39 is 0 Å². The molecule has 1 heterocycles. The van der Waals surface area contributed by atoms with Gasteiger partial charge in [0.25, 0.3) is 0 Å². The Hall–Kier alpha value is -2.01. The number of ether oxygens (including phenoxy) is 1. The maximum Gasteiger partial charge on any atom is 0.156 e. The van der Waals surface area contributed by atoms with Gasteiger partial charge in [-0.2, -0.15) is 0 Å². The summed E-state index contributed by atoms with van der Waals surface area (Å²) in [5.74, 6) is 0.697. The highest BCUT2D eigenvalue weighted by Crippen LogP contribution is 2.28. The molecule has 5 heteroatoms. The zero-order chi connectivity index (χ0) is 13.0. The summed E-state index contributed by atoms with van der Waals surface area (Å²) in [4.78, 5) is 25.7. The monoisotopic (exact) mass is 305 g/mol.